The maximum absolute atomic E-state index is 11.5. The van der Waals surface area contributed by atoms with Gasteiger partial charge in [-0.3, -0.25) is 9.59 Å². The van der Waals surface area contributed by atoms with Gasteiger partial charge in [-0.2, -0.15) is 0 Å². The average molecular weight is 1580 g/mol. The third kappa shape index (κ3) is 19.1. The van der Waals surface area contributed by atoms with E-state index in [1.807, 2.05) is 107 Å². The fourth-order valence-corrected chi connectivity index (χ4v) is 15.7. The zero-order valence-electron chi connectivity index (χ0n) is 50.3. The van der Waals surface area contributed by atoms with Gasteiger partial charge in [0.05, 0.1) is 0 Å². The molecule has 4 aromatic heterocycles. The van der Waals surface area contributed by atoms with Gasteiger partial charge in [-0.1, -0.05) is 83.1 Å². The average Bonchev–Trinajstić information content (AvgIpc) is 4.09. The minimum Gasteiger partial charge on any atom is 0 e. The van der Waals surface area contributed by atoms with Crippen LogP contribution >= 0.6 is 11.3 Å². The maximum Gasteiger partial charge on any atom is 0 e. The molecule has 0 atom stereocenters. The number of rotatable bonds is 8. The molecule has 2 radical (unpaired) electrons. The number of ketones is 2. The molecule has 11 nitrogen and oxygen atoms in total. The van der Waals surface area contributed by atoms with Crippen molar-refractivity contribution in [3.63, 3.8) is 0 Å². The van der Waals surface area contributed by atoms with E-state index in [0.29, 0.717) is 0 Å². The summed E-state index contributed by atoms with van der Waals surface area (Å²) in [7, 11) is 0. The number of aliphatic hydroxyl groups excluding tert-OH is 2. The number of oxazole rings is 1. The molecule has 8 rings (SSSR count). The number of thiazole rings is 1. The summed E-state index contributed by atoms with van der Waals surface area (Å²) >= 11 is -2.17. The molecule has 0 fully saturated rings. The van der Waals surface area contributed by atoms with E-state index in [4.69, 9.17) is 4.42 Å². The molecule has 8 aromatic rings. The normalized spacial score (nSPS) is 12.4. The van der Waals surface area contributed by atoms with Gasteiger partial charge >= 0.3 is 316 Å². The molecule has 4 aromatic carbocycles. The zero-order valence-corrected chi connectivity index (χ0v) is 60.1. The van der Waals surface area contributed by atoms with Gasteiger partial charge in [0.1, 0.15) is 11.5 Å². The summed E-state index contributed by atoms with van der Waals surface area (Å²) in [4.78, 5) is 49.6. The standard InChI is InChI=1S/C21H20GeN3O.C21H20GeN3S.2C11H20O2.2Ir/c2*1-14-9-16(6-8-18(14)22(2,3)4)21-17-7-5-15(20-11-26-13-25-20)10-19(17)23-12-24-21;2*1-10(2,3)8(12)7-9(13)11(4,5)6;;/h2*5,7-13H,1-4H3;2*7,12H,1-6H3;;/q2*-1;;;;. The number of allylic oxidation sites excluding steroid dienone is 4. The van der Waals surface area contributed by atoms with Crippen molar-refractivity contribution in [2.45, 2.75) is 131 Å². The Hall–Kier alpha value is -4.80. The number of fused-ring (bicyclic) bond motifs is 2. The van der Waals surface area contributed by atoms with Crippen LogP contribution in [0.4, 0.5) is 0 Å². The van der Waals surface area contributed by atoms with Crippen LogP contribution in [-0.4, -0.2) is 78.2 Å². The number of nitrogens with zero attached hydrogens (tertiary/aromatic N) is 6. The molecule has 0 unspecified atom stereocenters. The van der Waals surface area contributed by atoms with E-state index in [1.165, 1.54) is 38.5 Å². The predicted molar refractivity (Wildman–Crippen MR) is 329 cm³/mol. The predicted octanol–water partition coefficient (Wildman–Crippen LogP) is 15.9. The molecule has 0 saturated heterocycles. The number of aromatic nitrogens is 6. The van der Waals surface area contributed by atoms with Crippen LogP contribution < -0.4 is 8.79 Å². The number of aryl methyl sites for hydroxylation is 2. The second-order valence-corrected chi connectivity index (χ2v) is 47.7. The zero-order chi connectivity index (χ0) is 58.3. The Bertz CT molecular complexity index is 3220. The smallest absolute Gasteiger partial charge is 0 e. The molecule has 430 valence electrons. The molecule has 0 aliphatic rings. The minimum absolute atomic E-state index is 0. The van der Waals surface area contributed by atoms with Crippen molar-refractivity contribution in [2.24, 2.45) is 21.7 Å². The van der Waals surface area contributed by atoms with Gasteiger partial charge in [-0.25, -0.2) is 0 Å². The number of benzene rings is 4. The summed E-state index contributed by atoms with van der Waals surface area (Å²) in [5.41, 5.74) is 12.6. The number of carbonyl (C=O) groups is 2. The van der Waals surface area contributed by atoms with E-state index in [-0.39, 0.29) is 74.1 Å². The van der Waals surface area contributed by atoms with Gasteiger partial charge in [0.25, 0.3) is 0 Å². The van der Waals surface area contributed by atoms with Crippen LogP contribution in [0.15, 0.2) is 125 Å². The van der Waals surface area contributed by atoms with Crippen molar-refractivity contribution in [1.82, 2.24) is 29.9 Å². The Kier molecular flexibility index (Phi) is 24.3. The summed E-state index contributed by atoms with van der Waals surface area (Å²) in [5.74, 6) is 14.7. The second-order valence-electron chi connectivity index (χ2n) is 25.8. The van der Waals surface area contributed by atoms with Crippen LogP contribution in [0.5, 0.6) is 0 Å². The number of aliphatic hydroxyl groups is 2. The van der Waals surface area contributed by atoms with Crippen LogP contribution in [0.1, 0.15) is 94.2 Å². The summed E-state index contributed by atoms with van der Waals surface area (Å²) < 4.78 is 8.07. The fraction of sp³-hybridized carbons (Fsp3) is 0.375. The molecule has 0 bridgehead atoms. The largest absolute Gasteiger partial charge is 0 e. The van der Waals surface area contributed by atoms with Gasteiger partial charge in [0.2, 0.25) is 0 Å². The van der Waals surface area contributed by atoms with E-state index in [9.17, 15) is 19.8 Å². The minimum atomic E-state index is -1.89. The topological polar surface area (TPSA) is 165 Å². The molecule has 4 heterocycles. The molecule has 0 aliphatic carbocycles. The van der Waals surface area contributed by atoms with Gasteiger partial charge in [-0.05, 0) is 0 Å². The molecule has 2 N–H and O–H groups in total. The Morgan fingerprint density at radius 3 is 1.26 bits per heavy atom. The second kappa shape index (κ2) is 28.0. The molecular weight excluding hydrogens is 1490 g/mol. The summed E-state index contributed by atoms with van der Waals surface area (Å²) in [5, 5.41) is 23.2. The SMILES string of the molecule is CC(C)(C)C(=O)C=C(O)C(C)(C)C.CC(C)(C)C(=O)C=C(O)C(C)(C)C.Cc1cc(-c2ncnc3cc(-c4cocn4)ccc23)[c-]c[c]1[Ge]([CH3])([CH3])[CH3].Cc1cc(-c2ncnc3cc(-c4cscn4)ccc23)[c-]c[c]1[Ge]([CH3])([CH3])[CH3].[Ir].[Ir]. The number of hydrogen-bond acceptors (Lipinski definition) is 12. The van der Waals surface area contributed by atoms with Crippen molar-refractivity contribution in [3.05, 3.63) is 144 Å². The van der Waals surface area contributed by atoms with Crippen LogP contribution in [-0.2, 0) is 49.8 Å². The molecular formula is C64H80Ge2Ir2N6O5S-2. The van der Waals surface area contributed by atoms with Crippen molar-refractivity contribution in [3.8, 4) is 45.0 Å². The van der Waals surface area contributed by atoms with Crippen molar-refractivity contribution < 1.29 is 64.4 Å². The van der Waals surface area contributed by atoms with E-state index in [1.54, 1.807) is 30.3 Å². The quantitative estimate of drug-likeness (QED) is 0.0644. The number of hydrogen-bond donors (Lipinski definition) is 2. The van der Waals surface area contributed by atoms with Crippen LogP contribution in [0, 0.1) is 47.6 Å². The van der Waals surface area contributed by atoms with Crippen LogP contribution in [0.3, 0.4) is 0 Å². The van der Waals surface area contributed by atoms with Crippen LogP contribution in [0.2, 0.25) is 34.5 Å². The Labute approximate surface area is 511 Å². The van der Waals surface area contributed by atoms with Crippen molar-refractivity contribution in [1.29, 1.82) is 0 Å². The Morgan fingerprint density at radius 1 is 0.550 bits per heavy atom. The monoisotopic (exact) mass is 1580 g/mol. The van der Waals surface area contributed by atoms with Crippen molar-refractivity contribution in [2.75, 3.05) is 0 Å². The molecule has 16 heteroatoms. The van der Waals surface area contributed by atoms with Gasteiger partial charge in [0, 0.05) is 74.0 Å². The van der Waals surface area contributed by atoms with E-state index in [0.717, 1.165) is 66.8 Å². The van der Waals surface area contributed by atoms with Gasteiger partial charge < -0.3 is 10.2 Å². The Morgan fingerprint density at radius 2 is 0.950 bits per heavy atom. The third-order valence-electron chi connectivity index (χ3n) is 12.7. The van der Waals surface area contributed by atoms with E-state index < -0.39 is 37.4 Å². The van der Waals surface area contributed by atoms with Crippen LogP contribution in [0.25, 0.3) is 66.8 Å². The molecule has 0 amide bonds. The summed E-state index contributed by atoms with van der Waals surface area (Å²) in [6, 6.07) is 28.1. The third-order valence-corrected chi connectivity index (χ3v) is 22.3. The van der Waals surface area contributed by atoms with Crippen molar-refractivity contribution >= 4 is 80.0 Å². The first kappa shape index (κ1) is 69.5. The fourth-order valence-electron chi connectivity index (χ4n) is 7.78. The molecule has 80 heavy (non-hydrogen) atoms. The first-order chi connectivity index (χ1) is 36.0. The van der Waals surface area contributed by atoms with Gasteiger partial charge in [0.15, 0.2) is 11.6 Å². The van der Waals surface area contributed by atoms with E-state index in [2.05, 4.69) is 138 Å². The molecule has 0 spiro atoms. The summed E-state index contributed by atoms with van der Waals surface area (Å²) in [6.07, 6.45) is 8.99. The molecule has 0 aliphatic heterocycles. The van der Waals surface area contributed by atoms with Gasteiger partial charge in [-0.15, -0.1) is 0 Å². The first-order valence-electron chi connectivity index (χ1n) is 26.2. The maximum atomic E-state index is 11.5. The Balaban J connectivity index is 0.000000294. The summed E-state index contributed by atoms with van der Waals surface area (Å²) in [6.45, 7) is 26.6. The molecule has 0 saturated carbocycles. The number of carbonyl (C=O) groups excluding carboxylic acids is 2. The first-order valence-corrected chi connectivity index (χ1v) is 41.8. The van der Waals surface area contributed by atoms with E-state index >= 15 is 0 Å².